The Kier molecular flexibility index (Phi) is 14.5. The van der Waals surface area contributed by atoms with Gasteiger partial charge in [-0.1, -0.05) is 12.1 Å². The van der Waals surface area contributed by atoms with Gasteiger partial charge in [0.25, 0.3) is 0 Å². The van der Waals surface area contributed by atoms with Crippen molar-refractivity contribution in [1.29, 1.82) is 0 Å². The monoisotopic (exact) mass is 675 g/mol. The molecule has 1 aliphatic heterocycles. The first-order valence-electron chi connectivity index (χ1n) is 13.8. The zero-order chi connectivity index (χ0) is 34.6. The minimum atomic E-state index is -4.92. The molecule has 1 aliphatic rings. The van der Waals surface area contributed by atoms with E-state index in [1.54, 1.807) is 0 Å². The van der Waals surface area contributed by atoms with Crippen LogP contribution in [0.5, 0.6) is 5.75 Å². The first-order valence-corrected chi connectivity index (χ1v) is 15.3. The molecule has 0 radical (unpaired) electrons. The zero-order valence-electron chi connectivity index (χ0n) is 24.4. The van der Waals surface area contributed by atoms with Gasteiger partial charge in [-0.15, -0.1) is 0 Å². The number of benzene rings is 1. The summed E-state index contributed by atoms with van der Waals surface area (Å²) in [4.78, 5) is 94.0. The lowest BCUT2D eigenvalue weighted by molar-refractivity contribution is -0.142. The highest BCUT2D eigenvalue weighted by atomic mass is 31.2. The predicted molar refractivity (Wildman–Crippen MR) is 155 cm³/mol. The molecule has 13 N–H and O–H groups in total. The quantitative estimate of drug-likeness (QED) is 0.0686. The molecule has 1 fully saturated rings. The van der Waals surface area contributed by atoms with Crippen molar-refractivity contribution in [2.24, 2.45) is 11.5 Å². The standard InChI is InChI=1S/C25H38N7O13P/c26-15(12-45-46(42,43)44)22(38)31-18(11-34)25(41)32-7-1-2-19(32)24(40)28-9-20(36)29-16(8-13-3-5-14(35)6-4-13)23(39)30-17(10-33)21(27)37/h3-6,15-19,33-35H,1-2,7-12,26H2,(H2,27,37)(H,28,40)(H,29,36)(H,30,39)(H,31,38)(H2,42,43,44)/t15-,16?,17-,18-,19-/m0/s1. The van der Waals surface area contributed by atoms with Gasteiger partial charge < -0.3 is 62.7 Å². The van der Waals surface area contributed by atoms with Gasteiger partial charge in [-0.25, -0.2) is 4.57 Å². The Hall–Kier alpha value is -4.17. The fourth-order valence-corrected chi connectivity index (χ4v) is 4.66. The highest BCUT2D eigenvalue weighted by Crippen LogP contribution is 2.35. The third kappa shape index (κ3) is 12.0. The molecule has 20 nitrogen and oxygen atoms in total. The number of nitrogens with two attached hydrogens (primary N) is 2. The second kappa shape index (κ2) is 17.5. The maximum Gasteiger partial charge on any atom is 0.469 e. The Bertz CT molecular complexity index is 1310. The normalized spacial score (nSPS) is 17.2. The number of phenolic OH excluding ortho intramolecular Hbond substituents is 1. The fraction of sp³-hybridized carbons (Fsp3) is 0.520. The van der Waals surface area contributed by atoms with Crippen molar-refractivity contribution >= 4 is 43.3 Å². The van der Waals surface area contributed by atoms with Crippen molar-refractivity contribution in [3.8, 4) is 5.75 Å². The fourth-order valence-electron chi connectivity index (χ4n) is 4.31. The number of nitrogens with one attached hydrogen (secondary N) is 4. The van der Waals surface area contributed by atoms with Gasteiger partial charge in [0.15, 0.2) is 0 Å². The van der Waals surface area contributed by atoms with Crippen molar-refractivity contribution in [3.05, 3.63) is 29.8 Å². The van der Waals surface area contributed by atoms with E-state index in [0.29, 0.717) is 12.0 Å². The van der Waals surface area contributed by atoms with E-state index in [1.807, 2.05) is 0 Å². The predicted octanol–water partition coefficient (Wildman–Crippen LogP) is -5.60. The van der Waals surface area contributed by atoms with Crippen LogP contribution in [0.25, 0.3) is 0 Å². The number of phosphoric acid groups is 1. The maximum absolute atomic E-state index is 13.1. The number of rotatable bonds is 17. The number of hydrogen-bond acceptors (Lipinski definition) is 12. The third-order valence-corrected chi connectivity index (χ3v) is 7.17. The molecule has 0 aromatic heterocycles. The summed E-state index contributed by atoms with van der Waals surface area (Å²) in [5, 5.41) is 37.7. The summed E-state index contributed by atoms with van der Waals surface area (Å²) in [6, 6.07) is -1.34. The molecule has 46 heavy (non-hydrogen) atoms. The molecule has 2 rings (SSSR count). The Labute approximate surface area is 262 Å². The topological polar surface area (TPSA) is 333 Å². The number of carbonyl (C=O) groups excluding carboxylic acids is 6. The number of hydrogen-bond donors (Lipinski definition) is 11. The molecule has 0 bridgehead atoms. The van der Waals surface area contributed by atoms with Crippen LogP contribution in [0.3, 0.4) is 0 Å². The molecule has 5 atom stereocenters. The summed E-state index contributed by atoms with van der Waals surface area (Å²) in [7, 11) is -4.92. The molecule has 1 saturated heterocycles. The van der Waals surface area contributed by atoms with Crippen molar-refractivity contribution in [2.45, 2.75) is 49.5 Å². The number of nitrogens with zero attached hydrogens (tertiary/aromatic N) is 1. The lowest BCUT2D eigenvalue weighted by Crippen LogP contribution is -2.58. The minimum Gasteiger partial charge on any atom is -0.508 e. The average molecular weight is 676 g/mol. The van der Waals surface area contributed by atoms with Gasteiger partial charge in [-0.2, -0.15) is 0 Å². The third-order valence-electron chi connectivity index (χ3n) is 6.69. The Morgan fingerprint density at radius 1 is 0.957 bits per heavy atom. The van der Waals surface area contributed by atoms with E-state index in [0.717, 1.165) is 4.90 Å². The van der Waals surface area contributed by atoms with Crippen LogP contribution in [0.1, 0.15) is 18.4 Å². The highest BCUT2D eigenvalue weighted by Gasteiger charge is 2.38. The van der Waals surface area contributed by atoms with Crippen LogP contribution in [-0.2, 0) is 44.3 Å². The van der Waals surface area contributed by atoms with Crippen LogP contribution < -0.4 is 32.7 Å². The minimum absolute atomic E-state index is 0.0472. The number of likely N-dealkylation sites (tertiary alicyclic amines) is 1. The molecule has 6 amide bonds. The van der Waals surface area contributed by atoms with Gasteiger partial charge in [0.05, 0.1) is 26.4 Å². The van der Waals surface area contributed by atoms with Crippen molar-refractivity contribution in [1.82, 2.24) is 26.2 Å². The van der Waals surface area contributed by atoms with E-state index in [-0.39, 0.29) is 25.1 Å². The molecular weight excluding hydrogens is 637 g/mol. The number of carbonyl (C=O) groups is 6. The molecule has 21 heteroatoms. The number of primary amides is 1. The summed E-state index contributed by atoms with van der Waals surface area (Å²) in [6.07, 6.45) is 0.415. The summed E-state index contributed by atoms with van der Waals surface area (Å²) >= 11 is 0. The number of aromatic hydroxyl groups is 1. The van der Waals surface area contributed by atoms with E-state index in [2.05, 4.69) is 25.8 Å². The molecule has 0 aliphatic carbocycles. The molecule has 1 aromatic rings. The molecule has 1 heterocycles. The highest BCUT2D eigenvalue weighted by molar-refractivity contribution is 7.46. The van der Waals surface area contributed by atoms with Crippen LogP contribution >= 0.6 is 7.82 Å². The Balaban J connectivity index is 2.03. The van der Waals surface area contributed by atoms with E-state index < -0.39 is 99.8 Å². The van der Waals surface area contributed by atoms with Gasteiger partial charge in [-0.3, -0.25) is 33.3 Å². The average Bonchev–Trinajstić information content (AvgIpc) is 3.50. The van der Waals surface area contributed by atoms with Crippen LogP contribution in [0.2, 0.25) is 0 Å². The summed E-state index contributed by atoms with van der Waals surface area (Å²) in [6.45, 7) is -3.18. The Morgan fingerprint density at radius 2 is 1.57 bits per heavy atom. The van der Waals surface area contributed by atoms with E-state index in [9.17, 15) is 48.7 Å². The van der Waals surface area contributed by atoms with Gasteiger partial charge in [-0.05, 0) is 30.5 Å². The van der Waals surface area contributed by atoms with Crippen LogP contribution in [-0.4, -0.2) is 129 Å². The number of aliphatic hydroxyl groups excluding tert-OH is 2. The van der Waals surface area contributed by atoms with Gasteiger partial charge in [0, 0.05) is 13.0 Å². The molecule has 0 spiro atoms. The van der Waals surface area contributed by atoms with E-state index in [1.165, 1.54) is 24.3 Å². The molecule has 0 saturated carbocycles. The van der Waals surface area contributed by atoms with E-state index in [4.69, 9.17) is 21.3 Å². The summed E-state index contributed by atoms with van der Waals surface area (Å²) < 4.78 is 15.0. The Morgan fingerprint density at radius 3 is 2.13 bits per heavy atom. The van der Waals surface area contributed by atoms with Gasteiger partial charge in [0.2, 0.25) is 35.4 Å². The number of amides is 6. The van der Waals surface area contributed by atoms with E-state index >= 15 is 0 Å². The van der Waals surface area contributed by atoms with Gasteiger partial charge in [0.1, 0.15) is 36.0 Å². The maximum atomic E-state index is 13.1. The van der Waals surface area contributed by atoms with Crippen molar-refractivity contribution in [2.75, 3.05) is 32.9 Å². The molecule has 1 unspecified atom stereocenters. The van der Waals surface area contributed by atoms with Crippen molar-refractivity contribution < 1.29 is 63.0 Å². The first kappa shape index (κ1) is 38.0. The lowest BCUT2D eigenvalue weighted by Gasteiger charge is -2.28. The second-order valence-corrected chi connectivity index (χ2v) is 11.4. The van der Waals surface area contributed by atoms with Crippen molar-refractivity contribution in [3.63, 3.8) is 0 Å². The van der Waals surface area contributed by atoms with Gasteiger partial charge >= 0.3 is 7.82 Å². The SMILES string of the molecule is NC(=O)[C@H](CO)NC(=O)C(Cc1ccc(O)cc1)NC(=O)CNC(=O)[C@@H]1CCCN1C(=O)[C@H](CO)NC(=O)[C@@H](N)COP(=O)(O)O. The van der Waals surface area contributed by atoms with Crippen LogP contribution in [0.4, 0.5) is 0 Å². The van der Waals surface area contributed by atoms with Crippen LogP contribution in [0.15, 0.2) is 24.3 Å². The zero-order valence-corrected chi connectivity index (χ0v) is 25.3. The molecule has 1 aromatic carbocycles. The number of phenols is 1. The second-order valence-electron chi connectivity index (χ2n) is 10.2. The number of aliphatic hydroxyl groups is 2. The first-order chi connectivity index (χ1) is 21.6. The summed E-state index contributed by atoms with van der Waals surface area (Å²) in [5.41, 5.74) is 11.2. The smallest absolute Gasteiger partial charge is 0.469 e. The summed E-state index contributed by atoms with van der Waals surface area (Å²) in [5.74, 6) is -5.46. The molecule has 256 valence electrons. The van der Waals surface area contributed by atoms with Crippen LogP contribution in [0, 0.1) is 0 Å². The number of phosphoric ester groups is 1. The lowest BCUT2D eigenvalue weighted by atomic mass is 10.0. The largest absolute Gasteiger partial charge is 0.508 e. The molecular formula is C25H38N7O13P.